The molecule has 1 amide bonds. The molecule has 2 rings (SSSR count). The first-order valence-electron chi connectivity index (χ1n) is 7.15. The van der Waals surface area contributed by atoms with Crippen molar-refractivity contribution in [3.8, 4) is 0 Å². The SMILES string of the molecule is CCNc1ccncc1C(=O)N1C(C)CCCC1C. The minimum Gasteiger partial charge on any atom is -0.385 e. The Balaban J connectivity index is 2.27. The van der Waals surface area contributed by atoms with E-state index in [2.05, 4.69) is 24.1 Å². The fraction of sp³-hybridized carbons (Fsp3) is 0.600. The quantitative estimate of drug-likeness (QED) is 0.910. The average Bonchev–Trinajstić information content (AvgIpc) is 2.39. The van der Waals surface area contributed by atoms with Gasteiger partial charge >= 0.3 is 0 Å². The molecule has 1 N–H and O–H groups in total. The van der Waals surface area contributed by atoms with Crippen LogP contribution in [0, 0.1) is 0 Å². The van der Waals surface area contributed by atoms with Crippen LogP contribution in [0.1, 0.15) is 50.4 Å². The molecule has 2 atom stereocenters. The summed E-state index contributed by atoms with van der Waals surface area (Å²) in [6, 6.07) is 2.49. The number of pyridine rings is 1. The molecule has 0 saturated carbocycles. The molecule has 1 aliphatic heterocycles. The maximum absolute atomic E-state index is 12.8. The second-order valence-electron chi connectivity index (χ2n) is 5.29. The first-order valence-corrected chi connectivity index (χ1v) is 7.15. The first-order chi connectivity index (χ1) is 9.15. The summed E-state index contributed by atoms with van der Waals surface area (Å²) in [6.07, 6.45) is 6.78. The van der Waals surface area contributed by atoms with Crippen molar-refractivity contribution in [2.75, 3.05) is 11.9 Å². The number of nitrogens with zero attached hydrogens (tertiary/aromatic N) is 2. The molecule has 0 bridgehead atoms. The maximum atomic E-state index is 12.8. The van der Waals surface area contributed by atoms with Crippen molar-refractivity contribution in [2.45, 2.75) is 52.1 Å². The van der Waals surface area contributed by atoms with Gasteiger partial charge in [0.1, 0.15) is 0 Å². The van der Waals surface area contributed by atoms with Gasteiger partial charge in [-0.15, -0.1) is 0 Å². The van der Waals surface area contributed by atoms with Gasteiger partial charge in [-0.2, -0.15) is 0 Å². The van der Waals surface area contributed by atoms with E-state index in [4.69, 9.17) is 0 Å². The predicted octanol–water partition coefficient (Wildman–Crippen LogP) is 2.92. The van der Waals surface area contributed by atoms with Crippen molar-refractivity contribution < 1.29 is 4.79 Å². The van der Waals surface area contributed by atoms with Crippen molar-refractivity contribution >= 4 is 11.6 Å². The number of anilines is 1. The number of rotatable bonds is 3. The number of hydrogen-bond acceptors (Lipinski definition) is 3. The summed E-state index contributed by atoms with van der Waals surface area (Å²) in [4.78, 5) is 18.9. The smallest absolute Gasteiger partial charge is 0.258 e. The first kappa shape index (κ1) is 13.8. The molecule has 19 heavy (non-hydrogen) atoms. The van der Waals surface area contributed by atoms with E-state index in [1.807, 2.05) is 17.9 Å². The number of piperidine rings is 1. The number of amides is 1. The van der Waals surface area contributed by atoms with E-state index in [0.29, 0.717) is 17.6 Å². The average molecular weight is 261 g/mol. The van der Waals surface area contributed by atoms with Crippen molar-refractivity contribution in [1.29, 1.82) is 0 Å². The topological polar surface area (TPSA) is 45.2 Å². The van der Waals surface area contributed by atoms with Gasteiger partial charge < -0.3 is 10.2 Å². The Kier molecular flexibility index (Phi) is 4.40. The fourth-order valence-corrected chi connectivity index (χ4v) is 2.87. The number of hydrogen-bond donors (Lipinski definition) is 1. The Morgan fingerprint density at radius 2 is 2.11 bits per heavy atom. The Bertz CT molecular complexity index is 437. The molecule has 0 spiro atoms. The summed E-state index contributed by atoms with van der Waals surface area (Å²) in [7, 11) is 0. The highest BCUT2D eigenvalue weighted by molar-refractivity contribution is 5.99. The van der Waals surface area contributed by atoms with E-state index < -0.39 is 0 Å². The van der Waals surface area contributed by atoms with Crippen molar-refractivity contribution in [1.82, 2.24) is 9.88 Å². The predicted molar refractivity (Wildman–Crippen MR) is 77.3 cm³/mol. The van der Waals surface area contributed by atoms with Crippen LogP contribution in [0.4, 0.5) is 5.69 Å². The molecule has 2 unspecified atom stereocenters. The Morgan fingerprint density at radius 1 is 1.42 bits per heavy atom. The maximum Gasteiger partial charge on any atom is 0.258 e. The van der Waals surface area contributed by atoms with E-state index in [1.165, 1.54) is 6.42 Å². The van der Waals surface area contributed by atoms with Gasteiger partial charge in [0.25, 0.3) is 5.91 Å². The standard InChI is InChI=1S/C15H23N3O/c1-4-17-14-8-9-16-10-13(14)15(19)18-11(2)6-5-7-12(18)3/h8-12H,4-7H2,1-3H3,(H,16,17). The molecule has 1 aromatic heterocycles. The van der Waals surface area contributed by atoms with Gasteiger partial charge in [0.05, 0.1) is 11.3 Å². The third kappa shape index (κ3) is 2.88. The van der Waals surface area contributed by atoms with Crippen LogP contribution in [0.15, 0.2) is 18.5 Å². The normalized spacial score (nSPS) is 23.2. The van der Waals surface area contributed by atoms with Crippen molar-refractivity contribution in [3.05, 3.63) is 24.0 Å². The molecular weight excluding hydrogens is 238 g/mol. The summed E-state index contributed by atoms with van der Waals surface area (Å²) < 4.78 is 0. The van der Waals surface area contributed by atoms with E-state index >= 15 is 0 Å². The molecule has 1 aliphatic rings. The van der Waals surface area contributed by atoms with Gasteiger partial charge in [-0.05, 0) is 46.1 Å². The number of likely N-dealkylation sites (tertiary alicyclic amines) is 1. The zero-order valence-electron chi connectivity index (χ0n) is 12.0. The lowest BCUT2D eigenvalue weighted by atomic mass is 9.96. The van der Waals surface area contributed by atoms with Gasteiger partial charge in [0.15, 0.2) is 0 Å². The summed E-state index contributed by atoms with van der Waals surface area (Å²) in [5.41, 5.74) is 1.57. The van der Waals surface area contributed by atoms with Gasteiger partial charge in [-0.1, -0.05) is 0 Å². The lowest BCUT2D eigenvalue weighted by Gasteiger charge is -2.39. The van der Waals surface area contributed by atoms with Gasteiger partial charge in [0.2, 0.25) is 0 Å². The molecule has 0 aliphatic carbocycles. The number of aromatic nitrogens is 1. The number of carbonyl (C=O) groups is 1. The van der Waals surface area contributed by atoms with Crippen LogP contribution in [-0.4, -0.2) is 34.4 Å². The third-order valence-corrected chi connectivity index (χ3v) is 3.85. The van der Waals surface area contributed by atoms with Gasteiger partial charge in [0, 0.05) is 31.0 Å². The van der Waals surface area contributed by atoms with Crippen LogP contribution in [-0.2, 0) is 0 Å². The van der Waals surface area contributed by atoms with Crippen molar-refractivity contribution in [2.24, 2.45) is 0 Å². The molecule has 1 fully saturated rings. The van der Waals surface area contributed by atoms with E-state index in [-0.39, 0.29) is 5.91 Å². The largest absolute Gasteiger partial charge is 0.385 e. The second kappa shape index (κ2) is 6.04. The molecule has 1 saturated heterocycles. The zero-order chi connectivity index (χ0) is 13.8. The zero-order valence-corrected chi connectivity index (χ0v) is 12.0. The molecule has 1 aromatic rings. The fourth-order valence-electron chi connectivity index (χ4n) is 2.87. The highest BCUT2D eigenvalue weighted by Gasteiger charge is 2.30. The van der Waals surface area contributed by atoms with Crippen LogP contribution in [0.5, 0.6) is 0 Å². The summed E-state index contributed by atoms with van der Waals surface area (Å²) >= 11 is 0. The molecular formula is C15H23N3O. The van der Waals surface area contributed by atoms with Gasteiger partial charge in [-0.25, -0.2) is 0 Å². The monoisotopic (exact) mass is 261 g/mol. The Morgan fingerprint density at radius 3 is 2.74 bits per heavy atom. The van der Waals surface area contributed by atoms with Crippen LogP contribution >= 0.6 is 0 Å². The molecule has 4 nitrogen and oxygen atoms in total. The Labute approximate surface area is 115 Å². The summed E-state index contributed by atoms with van der Waals surface area (Å²) in [5.74, 6) is 0.101. The Hall–Kier alpha value is -1.58. The summed E-state index contributed by atoms with van der Waals surface area (Å²) in [6.45, 7) is 7.10. The van der Waals surface area contributed by atoms with Crippen LogP contribution in [0.3, 0.4) is 0 Å². The van der Waals surface area contributed by atoms with Crippen LogP contribution in [0.25, 0.3) is 0 Å². The molecule has 2 heterocycles. The highest BCUT2D eigenvalue weighted by atomic mass is 16.2. The molecule has 104 valence electrons. The van der Waals surface area contributed by atoms with E-state index in [9.17, 15) is 4.79 Å². The van der Waals surface area contributed by atoms with E-state index in [0.717, 1.165) is 25.1 Å². The van der Waals surface area contributed by atoms with Crippen LogP contribution in [0.2, 0.25) is 0 Å². The highest BCUT2D eigenvalue weighted by Crippen LogP contribution is 2.26. The molecule has 4 heteroatoms. The lowest BCUT2D eigenvalue weighted by Crippen LogP contribution is -2.47. The minimum atomic E-state index is 0.101. The van der Waals surface area contributed by atoms with Crippen LogP contribution < -0.4 is 5.32 Å². The summed E-state index contributed by atoms with van der Waals surface area (Å²) in [5, 5.41) is 3.24. The number of carbonyl (C=O) groups excluding carboxylic acids is 1. The molecule has 0 radical (unpaired) electrons. The van der Waals surface area contributed by atoms with Gasteiger partial charge in [-0.3, -0.25) is 9.78 Å². The number of nitrogens with one attached hydrogen (secondary N) is 1. The van der Waals surface area contributed by atoms with E-state index in [1.54, 1.807) is 12.4 Å². The second-order valence-corrected chi connectivity index (χ2v) is 5.29. The lowest BCUT2D eigenvalue weighted by molar-refractivity contribution is 0.0511. The van der Waals surface area contributed by atoms with Crippen molar-refractivity contribution in [3.63, 3.8) is 0 Å². The minimum absolute atomic E-state index is 0.101. The third-order valence-electron chi connectivity index (χ3n) is 3.85. The molecule has 0 aromatic carbocycles.